The van der Waals surface area contributed by atoms with Gasteiger partial charge in [0.1, 0.15) is 12.0 Å². The van der Waals surface area contributed by atoms with Crippen molar-refractivity contribution in [2.24, 2.45) is 0 Å². The maximum Gasteiger partial charge on any atom is 0.217 e. The van der Waals surface area contributed by atoms with Gasteiger partial charge in [0.2, 0.25) is 5.91 Å². The van der Waals surface area contributed by atoms with Crippen LogP contribution in [0.3, 0.4) is 0 Å². The van der Waals surface area contributed by atoms with Crippen molar-refractivity contribution in [3.05, 3.63) is 71.0 Å². The highest BCUT2D eigenvalue weighted by Crippen LogP contribution is 2.05. The van der Waals surface area contributed by atoms with Gasteiger partial charge < -0.3 is 10.4 Å². The second-order valence-electron chi connectivity index (χ2n) is 5.29. The van der Waals surface area contributed by atoms with Crippen LogP contribution < -0.4 is 10.6 Å². The molecular formula is C19H19FN2O2. The molecule has 5 heteroatoms. The Bertz CT molecular complexity index is 748. The molecule has 2 aromatic rings. The lowest BCUT2D eigenvalue weighted by molar-refractivity contribution is -0.119. The van der Waals surface area contributed by atoms with Crippen molar-refractivity contribution >= 4 is 5.91 Å². The molecule has 0 aliphatic rings. The minimum absolute atomic E-state index is 0.159. The molecule has 1 atom stereocenters. The van der Waals surface area contributed by atoms with Crippen molar-refractivity contribution < 1.29 is 14.3 Å². The van der Waals surface area contributed by atoms with Gasteiger partial charge in [-0.2, -0.15) is 0 Å². The monoisotopic (exact) mass is 326 g/mol. The average molecular weight is 326 g/mol. The van der Waals surface area contributed by atoms with Gasteiger partial charge in [0, 0.05) is 24.6 Å². The fourth-order valence-electron chi connectivity index (χ4n) is 1.96. The molecule has 2 aromatic carbocycles. The summed E-state index contributed by atoms with van der Waals surface area (Å²) in [5, 5.41) is 15.1. The molecule has 0 aromatic heterocycles. The van der Waals surface area contributed by atoms with Gasteiger partial charge in [-0.1, -0.05) is 30.0 Å². The highest BCUT2D eigenvalue weighted by atomic mass is 19.1. The summed E-state index contributed by atoms with van der Waals surface area (Å²) in [6.45, 7) is 2.03. The number of halogens is 1. The van der Waals surface area contributed by atoms with E-state index in [1.54, 1.807) is 12.1 Å². The van der Waals surface area contributed by atoms with Crippen molar-refractivity contribution in [1.29, 1.82) is 0 Å². The molecule has 1 unspecified atom stereocenters. The summed E-state index contributed by atoms with van der Waals surface area (Å²) in [6.07, 6.45) is -0.804. The lowest BCUT2D eigenvalue weighted by Crippen LogP contribution is -2.39. The number of hydrogen-bond donors (Lipinski definition) is 3. The molecule has 0 saturated carbocycles. The van der Waals surface area contributed by atoms with E-state index >= 15 is 0 Å². The van der Waals surface area contributed by atoms with E-state index in [2.05, 4.69) is 22.5 Å². The third kappa shape index (κ3) is 6.21. The fraction of sp³-hybridized carbons (Fsp3) is 0.211. The maximum absolute atomic E-state index is 13.1. The van der Waals surface area contributed by atoms with E-state index in [9.17, 15) is 14.3 Å². The number of carbonyl (C=O) groups excluding carboxylic acids is 1. The summed E-state index contributed by atoms with van der Waals surface area (Å²) in [6, 6.07) is 13.7. The van der Waals surface area contributed by atoms with E-state index in [1.807, 2.05) is 24.3 Å². The molecule has 0 aliphatic heterocycles. The average Bonchev–Trinajstić information content (AvgIpc) is 2.57. The topological polar surface area (TPSA) is 61.4 Å². The van der Waals surface area contributed by atoms with Crippen LogP contribution >= 0.6 is 0 Å². The standard InChI is InChI=1S/C19H19FN2O2/c1-14(23)21-13-19(24)22-12-17-9-6-15(7-10-17)5-8-16-3-2-4-18(20)11-16/h2-4,6-7,9-11,19,22,24H,12-13H2,1H3,(H,21,23). The van der Waals surface area contributed by atoms with E-state index in [4.69, 9.17) is 0 Å². The molecule has 3 N–H and O–H groups in total. The van der Waals surface area contributed by atoms with Gasteiger partial charge in [0.15, 0.2) is 0 Å². The number of nitrogens with one attached hydrogen (secondary N) is 2. The molecule has 0 fully saturated rings. The molecule has 1 amide bonds. The largest absolute Gasteiger partial charge is 0.377 e. The fourth-order valence-corrected chi connectivity index (χ4v) is 1.96. The summed E-state index contributed by atoms with van der Waals surface area (Å²) in [5.41, 5.74) is 2.43. The maximum atomic E-state index is 13.1. The Balaban J connectivity index is 1.88. The van der Waals surface area contributed by atoms with Crippen LogP contribution in [0.25, 0.3) is 0 Å². The zero-order valence-electron chi connectivity index (χ0n) is 13.3. The zero-order valence-corrected chi connectivity index (χ0v) is 13.3. The van der Waals surface area contributed by atoms with Crippen LogP contribution in [-0.2, 0) is 11.3 Å². The summed E-state index contributed by atoms with van der Waals surface area (Å²) in [7, 11) is 0. The Kier molecular flexibility index (Phi) is 6.50. The van der Waals surface area contributed by atoms with Crippen LogP contribution in [-0.4, -0.2) is 23.8 Å². The molecule has 0 radical (unpaired) electrons. The van der Waals surface area contributed by atoms with Gasteiger partial charge in [-0.05, 0) is 35.9 Å². The second-order valence-corrected chi connectivity index (χ2v) is 5.29. The molecule has 124 valence electrons. The Morgan fingerprint density at radius 3 is 2.54 bits per heavy atom. The van der Waals surface area contributed by atoms with E-state index in [-0.39, 0.29) is 18.3 Å². The SMILES string of the molecule is CC(=O)NCC(O)NCc1ccc(C#Cc2cccc(F)c2)cc1. The number of benzene rings is 2. The van der Waals surface area contributed by atoms with Gasteiger partial charge in [0.25, 0.3) is 0 Å². The van der Waals surface area contributed by atoms with Crippen molar-refractivity contribution in [3.8, 4) is 11.8 Å². The van der Waals surface area contributed by atoms with Crippen molar-refractivity contribution in [2.45, 2.75) is 19.7 Å². The first-order valence-electron chi connectivity index (χ1n) is 7.55. The Hall–Kier alpha value is -2.68. The lowest BCUT2D eigenvalue weighted by Gasteiger charge is -2.13. The molecule has 0 heterocycles. The highest BCUT2D eigenvalue weighted by molar-refractivity contribution is 5.72. The Morgan fingerprint density at radius 2 is 1.88 bits per heavy atom. The van der Waals surface area contributed by atoms with E-state index in [1.165, 1.54) is 19.1 Å². The predicted octanol–water partition coefficient (Wildman–Crippen LogP) is 1.77. The molecular weight excluding hydrogens is 307 g/mol. The molecule has 0 spiro atoms. The van der Waals surface area contributed by atoms with Gasteiger partial charge in [-0.3, -0.25) is 10.1 Å². The van der Waals surface area contributed by atoms with Gasteiger partial charge >= 0.3 is 0 Å². The minimum atomic E-state index is -0.804. The van der Waals surface area contributed by atoms with Gasteiger partial charge in [-0.25, -0.2) is 4.39 Å². The van der Waals surface area contributed by atoms with Crippen LogP contribution in [0.4, 0.5) is 4.39 Å². The zero-order chi connectivity index (χ0) is 17.4. The van der Waals surface area contributed by atoms with Crippen LogP contribution in [0.5, 0.6) is 0 Å². The summed E-state index contributed by atoms with van der Waals surface area (Å²) < 4.78 is 13.1. The van der Waals surface area contributed by atoms with Crippen LogP contribution in [0, 0.1) is 17.7 Å². The summed E-state index contributed by atoms with van der Waals surface area (Å²) in [4.78, 5) is 10.8. The molecule has 0 aliphatic carbocycles. The van der Waals surface area contributed by atoms with E-state index < -0.39 is 6.23 Å². The van der Waals surface area contributed by atoms with Crippen molar-refractivity contribution in [2.75, 3.05) is 6.54 Å². The number of carbonyl (C=O) groups is 1. The number of rotatable bonds is 5. The third-order valence-corrected chi connectivity index (χ3v) is 3.22. The quantitative estimate of drug-likeness (QED) is 0.580. The Morgan fingerprint density at radius 1 is 1.17 bits per heavy atom. The normalized spacial score (nSPS) is 11.3. The number of aliphatic hydroxyl groups is 1. The van der Waals surface area contributed by atoms with Gasteiger partial charge in [-0.15, -0.1) is 0 Å². The lowest BCUT2D eigenvalue weighted by atomic mass is 10.1. The minimum Gasteiger partial charge on any atom is -0.377 e. The van der Waals surface area contributed by atoms with Crippen LogP contribution in [0.1, 0.15) is 23.6 Å². The third-order valence-electron chi connectivity index (χ3n) is 3.22. The highest BCUT2D eigenvalue weighted by Gasteiger charge is 2.03. The van der Waals surface area contributed by atoms with Crippen LogP contribution in [0.2, 0.25) is 0 Å². The van der Waals surface area contributed by atoms with Crippen molar-refractivity contribution in [3.63, 3.8) is 0 Å². The molecule has 24 heavy (non-hydrogen) atoms. The summed E-state index contributed by atoms with van der Waals surface area (Å²) >= 11 is 0. The Labute approximate surface area is 140 Å². The van der Waals surface area contributed by atoms with Crippen LogP contribution in [0.15, 0.2) is 48.5 Å². The number of hydrogen-bond acceptors (Lipinski definition) is 3. The first kappa shape index (κ1) is 17.7. The smallest absolute Gasteiger partial charge is 0.217 e. The molecule has 0 saturated heterocycles. The predicted molar refractivity (Wildman–Crippen MR) is 90.4 cm³/mol. The van der Waals surface area contributed by atoms with E-state index in [0.717, 1.165) is 11.1 Å². The molecule has 2 rings (SSSR count). The second kappa shape index (κ2) is 8.82. The molecule has 0 bridgehead atoms. The summed E-state index contributed by atoms with van der Waals surface area (Å²) in [5.74, 6) is 5.40. The number of amides is 1. The molecule has 4 nitrogen and oxygen atoms in total. The van der Waals surface area contributed by atoms with Crippen molar-refractivity contribution in [1.82, 2.24) is 10.6 Å². The number of aliphatic hydroxyl groups excluding tert-OH is 1. The first-order chi connectivity index (χ1) is 11.5. The van der Waals surface area contributed by atoms with E-state index in [0.29, 0.717) is 12.1 Å². The van der Waals surface area contributed by atoms with Gasteiger partial charge in [0.05, 0.1) is 6.54 Å². The first-order valence-corrected chi connectivity index (χ1v) is 7.55.